The third kappa shape index (κ3) is 1.84. The zero-order chi connectivity index (χ0) is 10.1. The van der Waals surface area contributed by atoms with Gasteiger partial charge in [-0.15, -0.1) is 12.4 Å². The topological polar surface area (TPSA) is 50.2 Å². The normalized spacial score (nSPS) is 14.1. The van der Waals surface area contributed by atoms with Gasteiger partial charge in [0.2, 0.25) is 0 Å². The van der Waals surface area contributed by atoms with Crippen LogP contribution in [0.4, 0.5) is 0 Å². The monoisotopic (exact) mass is 234 g/mol. The molecule has 3 rings (SSSR count). The van der Waals surface area contributed by atoms with Gasteiger partial charge in [-0.3, -0.25) is 9.98 Å². The molecular weight excluding hydrogens is 224 g/mol. The van der Waals surface area contributed by atoms with E-state index in [1.807, 2.05) is 24.3 Å². The van der Waals surface area contributed by atoms with E-state index in [1.54, 1.807) is 6.20 Å². The molecule has 0 unspecified atom stereocenters. The first-order valence-corrected chi connectivity index (χ1v) is 4.94. The van der Waals surface area contributed by atoms with Crippen LogP contribution in [0.1, 0.15) is 5.69 Å². The minimum Gasteiger partial charge on any atom is -0.367 e. The fourth-order valence-electron chi connectivity index (χ4n) is 1.64. The Bertz CT molecular complexity index is 538. The predicted molar refractivity (Wildman–Crippen MR) is 66.2 cm³/mol. The minimum absolute atomic E-state index is 0. The van der Waals surface area contributed by atoms with E-state index in [2.05, 4.69) is 20.3 Å². The van der Waals surface area contributed by atoms with Crippen LogP contribution in [0.25, 0.3) is 11.0 Å². The molecule has 0 saturated carbocycles. The van der Waals surface area contributed by atoms with Crippen molar-refractivity contribution in [1.82, 2.24) is 15.3 Å². The third-order valence-electron chi connectivity index (χ3n) is 2.37. The van der Waals surface area contributed by atoms with E-state index in [9.17, 15) is 0 Å². The van der Waals surface area contributed by atoms with Crippen LogP contribution in [-0.2, 0) is 0 Å². The van der Waals surface area contributed by atoms with Crippen LogP contribution in [0.3, 0.4) is 0 Å². The molecule has 0 amide bonds. The van der Waals surface area contributed by atoms with Crippen LogP contribution in [0.15, 0.2) is 35.5 Å². The quantitative estimate of drug-likeness (QED) is 0.812. The third-order valence-corrected chi connectivity index (χ3v) is 2.37. The standard InChI is InChI=1S/C11H10N4.ClH/c1-2-4-9-8(3-1)14-7-10(15-9)11-12-5-6-13-11;/h1-4,7H,5-6H2,(H,12,13);1H. The molecule has 5 heteroatoms. The molecule has 0 aliphatic carbocycles. The van der Waals surface area contributed by atoms with Crippen LogP contribution in [0.2, 0.25) is 0 Å². The van der Waals surface area contributed by atoms with E-state index in [-0.39, 0.29) is 12.4 Å². The van der Waals surface area contributed by atoms with E-state index in [0.29, 0.717) is 0 Å². The van der Waals surface area contributed by atoms with E-state index >= 15 is 0 Å². The van der Waals surface area contributed by atoms with Crippen LogP contribution in [-0.4, -0.2) is 28.9 Å². The summed E-state index contributed by atoms with van der Waals surface area (Å²) in [6, 6.07) is 7.84. The van der Waals surface area contributed by atoms with Crippen molar-refractivity contribution in [3.8, 4) is 0 Å². The summed E-state index contributed by atoms with van der Waals surface area (Å²) in [5, 5.41) is 3.19. The zero-order valence-electron chi connectivity index (χ0n) is 8.55. The van der Waals surface area contributed by atoms with Gasteiger partial charge in [0.15, 0.2) is 0 Å². The first kappa shape index (κ1) is 10.8. The second-order valence-corrected chi connectivity index (χ2v) is 3.40. The smallest absolute Gasteiger partial charge is 0.149 e. The average Bonchev–Trinajstić information content (AvgIpc) is 2.82. The van der Waals surface area contributed by atoms with Crippen molar-refractivity contribution in [2.45, 2.75) is 0 Å². The predicted octanol–water partition coefficient (Wildman–Crippen LogP) is 1.40. The lowest BCUT2D eigenvalue weighted by atomic mass is 10.3. The highest BCUT2D eigenvalue weighted by Crippen LogP contribution is 2.09. The Balaban J connectivity index is 0.000000963. The maximum absolute atomic E-state index is 4.50. The number of halogens is 1. The number of nitrogens with zero attached hydrogens (tertiary/aromatic N) is 3. The van der Waals surface area contributed by atoms with Crippen molar-refractivity contribution in [3.05, 3.63) is 36.2 Å². The van der Waals surface area contributed by atoms with Gasteiger partial charge < -0.3 is 5.32 Å². The molecule has 2 aromatic rings. The number of aliphatic imine (C=N–C) groups is 1. The summed E-state index contributed by atoms with van der Waals surface area (Å²) < 4.78 is 0. The van der Waals surface area contributed by atoms with E-state index in [1.165, 1.54) is 0 Å². The summed E-state index contributed by atoms with van der Waals surface area (Å²) in [7, 11) is 0. The first-order valence-electron chi connectivity index (χ1n) is 4.94. The van der Waals surface area contributed by atoms with Gasteiger partial charge in [-0.05, 0) is 12.1 Å². The van der Waals surface area contributed by atoms with Crippen molar-refractivity contribution in [3.63, 3.8) is 0 Å². The number of benzene rings is 1. The second-order valence-electron chi connectivity index (χ2n) is 3.40. The van der Waals surface area contributed by atoms with Crippen molar-refractivity contribution in [2.75, 3.05) is 13.1 Å². The van der Waals surface area contributed by atoms with Gasteiger partial charge in [0.25, 0.3) is 0 Å². The van der Waals surface area contributed by atoms with Crippen molar-refractivity contribution >= 4 is 29.3 Å². The molecule has 82 valence electrons. The fourth-order valence-corrected chi connectivity index (χ4v) is 1.64. The SMILES string of the molecule is Cl.c1ccc2nc(C3=NCCN3)cnc2c1. The number of nitrogens with one attached hydrogen (secondary N) is 1. The summed E-state index contributed by atoms with van der Waals surface area (Å²) in [6.45, 7) is 1.72. The van der Waals surface area contributed by atoms with E-state index < -0.39 is 0 Å². The Kier molecular flexibility index (Phi) is 3.01. The number of amidine groups is 1. The Morgan fingerprint density at radius 2 is 1.94 bits per heavy atom. The number of aromatic nitrogens is 2. The van der Waals surface area contributed by atoms with Crippen LogP contribution < -0.4 is 5.32 Å². The van der Waals surface area contributed by atoms with Crippen molar-refractivity contribution < 1.29 is 0 Å². The summed E-state index contributed by atoms with van der Waals surface area (Å²) in [4.78, 5) is 13.2. The molecule has 0 bridgehead atoms. The lowest BCUT2D eigenvalue weighted by Gasteiger charge is -2.02. The maximum Gasteiger partial charge on any atom is 0.149 e. The summed E-state index contributed by atoms with van der Waals surface area (Å²) in [5.41, 5.74) is 2.65. The van der Waals surface area contributed by atoms with Gasteiger partial charge in [-0.1, -0.05) is 12.1 Å². The van der Waals surface area contributed by atoms with Crippen LogP contribution in [0.5, 0.6) is 0 Å². The molecule has 1 aliphatic rings. The lowest BCUT2D eigenvalue weighted by Crippen LogP contribution is -2.20. The Labute approximate surface area is 99.2 Å². The summed E-state index contributed by atoms with van der Waals surface area (Å²) >= 11 is 0. The van der Waals surface area contributed by atoms with Crippen molar-refractivity contribution in [2.24, 2.45) is 4.99 Å². The van der Waals surface area contributed by atoms with Gasteiger partial charge in [0.05, 0.1) is 23.8 Å². The molecule has 2 heterocycles. The number of fused-ring (bicyclic) bond motifs is 1. The van der Waals surface area contributed by atoms with E-state index in [0.717, 1.165) is 35.7 Å². The lowest BCUT2D eigenvalue weighted by molar-refractivity contribution is 0.958. The molecular formula is C11H11ClN4. The highest BCUT2D eigenvalue weighted by atomic mass is 35.5. The van der Waals surface area contributed by atoms with Crippen LogP contribution >= 0.6 is 12.4 Å². The first-order chi connectivity index (χ1) is 7.43. The molecule has 0 fully saturated rings. The Morgan fingerprint density at radius 1 is 1.12 bits per heavy atom. The summed E-state index contributed by atoms with van der Waals surface area (Å²) in [5.74, 6) is 0.855. The highest BCUT2D eigenvalue weighted by Gasteiger charge is 2.09. The zero-order valence-corrected chi connectivity index (χ0v) is 9.37. The average molecular weight is 235 g/mol. The fraction of sp³-hybridized carbons (Fsp3) is 0.182. The molecule has 1 aromatic carbocycles. The van der Waals surface area contributed by atoms with Crippen molar-refractivity contribution in [1.29, 1.82) is 0 Å². The number of hydrogen-bond acceptors (Lipinski definition) is 4. The van der Waals surface area contributed by atoms with Gasteiger partial charge in [-0.2, -0.15) is 0 Å². The summed E-state index contributed by atoms with van der Waals surface area (Å²) in [6.07, 6.45) is 1.76. The molecule has 1 N–H and O–H groups in total. The van der Waals surface area contributed by atoms with Crippen LogP contribution in [0, 0.1) is 0 Å². The highest BCUT2D eigenvalue weighted by molar-refractivity contribution is 5.98. The molecule has 1 aromatic heterocycles. The molecule has 0 spiro atoms. The largest absolute Gasteiger partial charge is 0.367 e. The van der Waals surface area contributed by atoms with Gasteiger partial charge in [0.1, 0.15) is 11.5 Å². The molecule has 16 heavy (non-hydrogen) atoms. The van der Waals surface area contributed by atoms with E-state index in [4.69, 9.17) is 0 Å². The number of rotatable bonds is 1. The minimum atomic E-state index is 0. The molecule has 4 nitrogen and oxygen atoms in total. The second kappa shape index (κ2) is 4.45. The van der Waals surface area contributed by atoms with Gasteiger partial charge in [0, 0.05) is 6.54 Å². The maximum atomic E-state index is 4.50. The van der Waals surface area contributed by atoms with Gasteiger partial charge in [-0.25, -0.2) is 4.98 Å². The molecule has 0 radical (unpaired) electrons. The van der Waals surface area contributed by atoms with Gasteiger partial charge >= 0.3 is 0 Å². The Morgan fingerprint density at radius 3 is 2.69 bits per heavy atom. The molecule has 0 atom stereocenters. The molecule has 0 saturated heterocycles. The number of para-hydroxylation sites is 2. The molecule has 1 aliphatic heterocycles. The Hall–Kier alpha value is -1.68. The number of hydrogen-bond donors (Lipinski definition) is 1.